The van der Waals surface area contributed by atoms with Gasteiger partial charge in [-0.1, -0.05) is 13.8 Å². The van der Waals surface area contributed by atoms with Gasteiger partial charge < -0.3 is 9.64 Å². The predicted octanol–water partition coefficient (Wildman–Crippen LogP) is 3.00. The Kier molecular flexibility index (Phi) is 8.00. The smallest absolute Gasteiger partial charge is 0.206 e. The molecular formula is C17H28BN3O. The molecule has 1 aromatic rings. The van der Waals surface area contributed by atoms with E-state index in [1.807, 2.05) is 19.3 Å². The van der Waals surface area contributed by atoms with Crippen LogP contribution in [0, 0.1) is 12.8 Å². The second-order valence-electron chi connectivity index (χ2n) is 5.84. The zero-order valence-electron chi connectivity index (χ0n) is 14.6. The number of hydrogen-bond donors (Lipinski definition) is 0. The van der Waals surface area contributed by atoms with Crippen LogP contribution in [-0.4, -0.2) is 43.8 Å². The van der Waals surface area contributed by atoms with Gasteiger partial charge in [-0.15, -0.1) is 0 Å². The van der Waals surface area contributed by atoms with Crippen molar-refractivity contribution in [3.63, 3.8) is 0 Å². The predicted molar refractivity (Wildman–Crippen MR) is 95.0 cm³/mol. The number of hydrogen-bond acceptors (Lipinski definition) is 3. The van der Waals surface area contributed by atoms with Gasteiger partial charge in [0.1, 0.15) is 7.85 Å². The molecule has 22 heavy (non-hydrogen) atoms. The minimum absolute atomic E-state index is 0.517. The van der Waals surface area contributed by atoms with E-state index in [9.17, 15) is 0 Å². The molecule has 0 spiro atoms. The van der Waals surface area contributed by atoms with Crippen LogP contribution in [0.25, 0.3) is 0 Å². The lowest BCUT2D eigenvalue weighted by Gasteiger charge is -2.14. The van der Waals surface area contributed by atoms with E-state index in [0.717, 1.165) is 37.3 Å². The molecule has 0 aliphatic heterocycles. The van der Waals surface area contributed by atoms with Crippen LogP contribution in [0.3, 0.4) is 0 Å². The largest absolute Gasteiger partial charge is 0.478 e. The van der Waals surface area contributed by atoms with E-state index in [0.29, 0.717) is 23.9 Å². The molecule has 0 aromatic carbocycles. The second kappa shape index (κ2) is 9.49. The summed E-state index contributed by atoms with van der Waals surface area (Å²) in [5.41, 5.74) is 2.16. The van der Waals surface area contributed by atoms with Crippen molar-refractivity contribution in [3.8, 4) is 5.88 Å². The number of pyridine rings is 1. The Balaban J connectivity index is 2.71. The third kappa shape index (κ3) is 6.08. The van der Waals surface area contributed by atoms with Gasteiger partial charge in [0.2, 0.25) is 5.88 Å². The summed E-state index contributed by atoms with van der Waals surface area (Å²) in [5, 5.41) is 0. The lowest BCUT2D eigenvalue weighted by Crippen LogP contribution is -2.20. The van der Waals surface area contributed by atoms with Crippen molar-refractivity contribution in [2.75, 3.05) is 19.7 Å². The molecule has 0 bridgehead atoms. The van der Waals surface area contributed by atoms with Crippen LogP contribution in [0.4, 0.5) is 5.69 Å². The molecule has 0 saturated heterocycles. The zero-order chi connectivity index (χ0) is 16.5. The Morgan fingerprint density at radius 2 is 2.05 bits per heavy atom. The van der Waals surface area contributed by atoms with Gasteiger partial charge in [0, 0.05) is 13.1 Å². The number of aryl methyl sites for hydroxylation is 1. The summed E-state index contributed by atoms with van der Waals surface area (Å²) in [5.74, 6) is 1.20. The third-order valence-electron chi connectivity index (χ3n) is 3.52. The topological polar surface area (TPSA) is 37.7 Å². The van der Waals surface area contributed by atoms with Gasteiger partial charge in [-0.25, -0.2) is 9.98 Å². The summed E-state index contributed by atoms with van der Waals surface area (Å²) in [6, 6.07) is 1.83. The van der Waals surface area contributed by atoms with E-state index in [2.05, 4.69) is 42.6 Å². The molecule has 2 radical (unpaired) electrons. The Morgan fingerprint density at radius 3 is 2.64 bits per heavy atom. The van der Waals surface area contributed by atoms with Crippen molar-refractivity contribution in [2.24, 2.45) is 10.9 Å². The van der Waals surface area contributed by atoms with Gasteiger partial charge in [-0.05, 0) is 51.1 Å². The standard InChI is InChI=1S/C17H28BN3O/c1-6-21(7-2)12-19-16-11-15(18)17(20-14(16)5)22-10-8-9-13(3)4/h11-13H,6-10H2,1-5H3. The molecule has 0 atom stereocenters. The lowest BCUT2D eigenvalue weighted by molar-refractivity contribution is 0.289. The Morgan fingerprint density at radius 1 is 1.36 bits per heavy atom. The minimum Gasteiger partial charge on any atom is -0.478 e. The van der Waals surface area contributed by atoms with Gasteiger partial charge in [0.05, 0.1) is 24.3 Å². The normalized spacial score (nSPS) is 11.4. The molecule has 5 heteroatoms. The molecule has 0 aliphatic rings. The molecule has 0 aliphatic carbocycles. The highest BCUT2D eigenvalue weighted by Crippen LogP contribution is 2.18. The Labute approximate surface area is 136 Å². The van der Waals surface area contributed by atoms with Crippen LogP contribution in [0.1, 0.15) is 46.2 Å². The van der Waals surface area contributed by atoms with Gasteiger partial charge in [-0.2, -0.15) is 0 Å². The molecular weight excluding hydrogens is 273 g/mol. The second-order valence-corrected chi connectivity index (χ2v) is 5.84. The highest BCUT2D eigenvalue weighted by molar-refractivity contribution is 6.34. The first-order valence-electron chi connectivity index (χ1n) is 8.16. The van der Waals surface area contributed by atoms with E-state index < -0.39 is 0 Å². The first-order valence-corrected chi connectivity index (χ1v) is 8.16. The van der Waals surface area contributed by atoms with E-state index in [4.69, 9.17) is 12.6 Å². The van der Waals surface area contributed by atoms with Crippen LogP contribution in [0.15, 0.2) is 11.1 Å². The maximum atomic E-state index is 6.03. The highest BCUT2D eigenvalue weighted by atomic mass is 16.5. The molecule has 0 unspecified atom stereocenters. The van der Waals surface area contributed by atoms with Crippen LogP contribution in [0.5, 0.6) is 5.88 Å². The summed E-state index contributed by atoms with van der Waals surface area (Å²) >= 11 is 0. The maximum absolute atomic E-state index is 6.03. The average molecular weight is 301 g/mol. The molecule has 1 aromatic heterocycles. The molecule has 0 fully saturated rings. The first kappa shape index (κ1) is 18.5. The van der Waals surface area contributed by atoms with Gasteiger partial charge in [0.25, 0.3) is 0 Å². The zero-order valence-corrected chi connectivity index (χ0v) is 14.6. The molecule has 120 valence electrons. The molecule has 0 N–H and O–H groups in total. The molecule has 4 nitrogen and oxygen atoms in total. The summed E-state index contributed by atoms with van der Waals surface area (Å²) in [4.78, 5) is 11.0. The van der Waals surface area contributed by atoms with Crippen LogP contribution in [0.2, 0.25) is 0 Å². The fourth-order valence-corrected chi connectivity index (χ4v) is 2.03. The van der Waals surface area contributed by atoms with Crippen LogP contribution < -0.4 is 10.2 Å². The lowest BCUT2D eigenvalue weighted by atomic mass is 9.96. The van der Waals surface area contributed by atoms with Gasteiger partial charge in [0.15, 0.2) is 0 Å². The van der Waals surface area contributed by atoms with Crippen molar-refractivity contribution in [1.29, 1.82) is 0 Å². The van der Waals surface area contributed by atoms with Crippen molar-refractivity contribution >= 4 is 25.3 Å². The number of aliphatic imine (C=N–C) groups is 1. The molecule has 0 amide bonds. The SMILES string of the molecule is [B]c1cc(N=CN(CC)CC)c(C)nc1OCCCC(C)C. The molecule has 0 saturated carbocycles. The third-order valence-corrected chi connectivity index (χ3v) is 3.52. The van der Waals surface area contributed by atoms with Crippen LogP contribution in [-0.2, 0) is 0 Å². The fourth-order valence-electron chi connectivity index (χ4n) is 2.03. The summed E-state index contributed by atoms with van der Waals surface area (Å²) in [7, 11) is 6.03. The summed E-state index contributed by atoms with van der Waals surface area (Å²) in [6.07, 6.45) is 4.00. The van der Waals surface area contributed by atoms with E-state index in [1.165, 1.54) is 0 Å². The average Bonchev–Trinajstić information content (AvgIpc) is 2.48. The Hall–Kier alpha value is -1.52. The fraction of sp³-hybridized carbons (Fsp3) is 0.647. The van der Waals surface area contributed by atoms with E-state index in [1.54, 1.807) is 0 Å². The van der Waals surface area contributed by atoms with Gasteiger partial charge >= 0.3 is 0 Å². The number of nitrogens with zero attached hydrogens (tertiary/aromatic N) is 3. The van der Waals surface area contributed by atoms with Crippen molar-refractivity contribution in [3.05, 3.63) is 11.8 Å². The quantitative estimate of drug-likeness (QED) is 0.304. The van der Waals surface area contributed by atoms with Crippen molar-refractivity contribution < 1.29 is 4.74 Å². The van der Waals surface area contributed by atoms with Crippen molar-refractivity contribution in [2.45, 2.75) is 47.5 Å². The summed E-state index contributed by atoms with van der Waals surface area (Å²) in [6.45, 7) is 13.1. The number of aromatic nitrogens is 1. The van der Waals surface area contributed by atoms with Crippen LogP contribution >= 0.6 is 0 Å². The number of ether oxygens (including phenoxy) is 1. The first-order chi connectivity index (χ1) is 10.5. The maximum Gasteiger partial charge on any atom is 0.206 e. The monoisotopic (exact) mass is 301 g/mol. The van der Waals surface area contributed by atoms with Gasteiger partial charge in [-0.3, -0.25) is 0 Å². The van der Waals surface area contributed by atoms with Crippen molar-refractivity contribution in [1.82, 2.24) is 9.88 Å². The number of rotatable bonds is 9. The minimum atomic E-state index is 0.517. The van der Waals surface area contributed by atoms with E-state index >= 15 is 0 Å². The molecule has 1 rings (SSSR count). The Bertz CT molecular complexity index is 485. The van der Waals surface area contributed by atoms with E-state index in [-0.39, 0.29) is 0 Å². The molecule has 1 heterocycles. The summed E-state index contributed by atoms with van der Waals surface area (Å²) < 4.78 is 5.69. The highest BCUT2D eigenvalue weighted by Gasteiger charge is 2.07.